The highest BCUT2D eigenvalue weighted by molar-refractivity contribution is 5.82. The lowest BCUT2D eigenvalue weighted by Crippen LogP contribution is -2.01. The highest BCUT2D eigenvalue weighted by Gasteiger charge is 2.15. The third-order valence-corrected chi connectivity index (χ3v) is 3.84. The fourth-order valence-corrected chi connectivity index (χ4v) is 2.92. The first-order valence-electron chi connectivity index (χ1n) is 7.29. The van der Waals surface area contributed by atoms with Gasteiger partial charge in [-0.05, 0) is 49.2 Å². The zero-order chi connectivity index (χ0) is 15.1. The van der Waals surface area contributed by atoms with Gasteiger partial charge in [-0.15, -0.1) is 0 Å². The number of nitrogens with zero attached hydrogens (tertiary/aromatic N) is 3. The van der Waals surface area contributed by atoms with Crippen molar-refractivity contribution in [3.05, 3.63) is 66.0 Å². The monoisotopic (exact) mass is 288 g/mol. The Balaban J connectivity index is 2.01. The van der Waals surface area contributed by atoms with Crippen molar-refractivity contribution >= 4 is 11.0 Å². The molecule has 4 heteroatoms. The number of benzene rings is 2. The standard InChI is InChI=1S/C18H16N4/c1-12-10-13(2)17(16(11-12)22-9-5-8-19-22)18-20-14-6-3-4-7-15(14)21-18/h3-11H,1-2H3,(H,20,21). The van der Waals surface area contributed by atoms with E-state index in [1.807, 2.05) is 41.2 Å². The lowest BCUT2D eigenvalue weighted by Gasteiger charge is -2.12. The maximum absolute atomic E-state index is 4.75. The number of imidazole rings is 1. The maximum atomic E-state index is 4.75. The van der Waals surface area contributed by atoms with Gasteiger partial charge in [0, 0.05) is 18.0 Å². The van der Waals surface area contributed by atoms with Crippen LogP contribution in [0.2, 0.25) is 0 Å². The largest absolute Gasteiger partial charge is 0.338 e. The normalized spacial score (nSPS) is 11.2. The van der Waals surface area contributed by atoms with Crippen LogP contribution in [0.25, 0.3) is 28.1 Å². The van der Waals surface area contributed by atoms with Gasteiger partial charge in [-0.25, -0.2) is 9.67 Å². The minimum atomic E-state index is 0.879. The molecule has 4 rings (SSSR count). The van der Waals surface area contributed by atoms with Gasteiger partial charge >= 0.3 is 0 Å². The van der Waals surface area contributed by atoms with Crippen molar-refractivity contribution in [1.82, 2.24) is 19.7 Å². The molecule has 0 spiro atoms. The SMILES string of the molecule is Cc1cc(C)c(-c2nc3ccccc3[nH]2)c(-n2cccn2)c1. The molecular weight excluding hydrogens is 272 g/mol. The molecular formula is C18H16N4. The van der Waals surface area contributed by atoms with E-state index in [2.05, 4.69) is 36.1 Å². The first-order valence-corrected chi connectivity index (χ1v) is 7.29. The van der Waals surface area contributed by atoms with Crippen LogP contribution in [-0.2, 0) is 0 Å². The van der Waals surface area contributed by atoms with Crippen LogP contribution in [0.4, 0.5) is 0 Å². The van der Waals surface area contributed by atoms with E-state index in [0.29, 0.717) is 0 Å². The van der Waals surface area contributed by atoms with Gasteiger partial charge in [-0.3, -0.25) is 0 Å². The van der Waals surface area contributed by atoms with Crippen LogP contribution in [0.5, 0.6) is 0 Å². The molecule has 0 aliphatic rings. The van der Waals surface area contributed by atoms with Crippen LogP contribution in [0, 0.1) is 13.8 Å². The van der Waals surface area contributed by atoms with Crippen LogP contribution >= 0.6 is 0 Å². The van der Waals surface area contributed by atoms with E-state index < -0.39 is 0 Å². The van der Waals surface area contributed by atoms with E-state index in [4.69, 9.17) is 4.98 Å². The van der Waals surface area contributed by atoms with Crippen LogP contribution < -0.4 is 0 Å². The summed E-state index contributed by atoms with van der Waals surface area (Å²) in [7, 11) is 0. The summed E-state index contributed by atoms with van der Waals surface area (Å²) in [5.74, 6) is 0.879. The van der Waals surface area contributed by atoms with Crippen LogP contribution in [0.15, 0.2) is 54.9 Å². The molecule has 0 saturated heterocycles. The minimum Gasteiger partial charge on any atom is -0.338 e. The number of aryl methyl sites for hydroxylation is 2. The fourth-order valence-electron chi connectivity index (χ4n) is 2.92. The molecule has 108 valence electrons. The molecule has 2 aromatic carbocycles. The van der Waals surface area contributed by atoms with Crippen molar-refractivity contribution in [2.75, 3.05) is 0 Å². The molecule has 0 amide bonds. The number of aromatic nitrogens is 4. The summed E-state index contributed by atoms with van der Waals surface area (Å²) < 4.78 is 1.89. The number of hydrogen-bond acceptors (Lipinski definition) is 2. The Morgan fingerprint density at radius 1 is 1.05 bits per heavy atom. The topological polar surface area (TPSA) is 46.5 Å². The fraction of sp³-hybridized carbons (Fsp3) is 0.111. The maximum Gasteiger partial charge on any atom is 0.140 e. The summed E-state index contributed by atoms with van der Waals surface area (Å²) in [5.41, 5.74) is 6.55. The third kappa shape index (κ3) is 2.00. The quantitative estimate of drug-likeness (QED) is 0.605. The van der Waals surface area contributed by atoms with Crippen molar-refractivity contribution < 1.29 is 0 Å². The van der Waals surface area contributed by atoms with E-state index in [1.54, 1.807) is 6.20 Å². The zero-order valence-electron chi connectivity index (χ0n) is 12.5. The van der Waals surface area contributed by atoms with Gasteiger partial charge < -0.3 is 4.98 Å². The summed E-state index contributed by atoms with van der Waals surface area (Å²) in [4.78, 5) is 8.17. The first kappa shape index (κ1) is 12.8. The highest BCUT2D eigenvalue weighted by Crippen LogP contribution is 2.30. The molecule has 1 N–H and O–H groups in total. The molecule has 0 aliphatic heterocycles. The van der Waals surface area contributed by atoms with Gasteiger partial charge in [0.15, 0.2) is 0 Å². The molecule has 4 aromatic rings. The molecule has 0 unspecified atom stereocenters. The molecule has 0 bridgehead atoms. The van der Waals surface area contributed by atoms with Gasteiger partial charge in [-0.1, -0.05) is 18.2 Å². The van der Waals surface area contributed by atoms with Gasteiger partial charge in [0.1, 0.15) is 5.82 Å². The number of para-hydroxylation sites is 2. The summed E-state index contributed by atoms with van der Waals surface area (Å²) >= 11 is 0. The number of aromatic amines is 1. The second kappa shape index (κ2) is 4.84. The molecule has 0 saturated carbocycles. The predicted molar refractivity (Wildman–Crippen MR) is 88.1 cm³/mol. The van der Waals surface area contributed by atoms with Crippen molar-refractivity contribution in [1.29, 1.82) is 0 Å². The van der Waals surface area contributed by atoms with E-state index in [1.165, 1.54) is 11.1 Å². The van der Waals surface area contributed by atoms with Gasteiger partial charge in [0.25, 0.3) is 0 Å². The Labute approximate surface area is 128 Å². The van der Waals surface area contributed by atoms with E-state index >= 15 is 0 Å². The van der Waals surface area contributed by atoms with E-state index in [0.717, 1.165) is 28.1 Å². The number of rotatable bonds is 2. The smallest absolute Gasteiger partial charge is 0.140 e. The molecule has 2 aromatic heterocycles. The zero-order valence-corrected chi connectivity index (χ0v) is 12.5. The number of H-pyrrole nitrogens is 1. The van der Waals surface area contributed by atoms with Crippen molar-refractivity contribution in [2.45, 2.75) is 13.8 Å². The Kier molecular flexibility index (Phi) is 2.82. The van der Waals surface area contributed by atoms with Crippen molar-refractivity contribution in [3.8, 4) is 17.1 Å². The lowest BCUT2D eigenvalue weighted by molar-refractivity contribution is 0.878. The average Bonchev–Trinajstić information content (AvgIpc) is 3.15. The van der Waals surface area contributed by atoms with Crippen molar-refractivity contribution in [2.24, 2.45) is 0 Å². The van der Waals surface area contributed by atoms with Crippen molar-refractivity contribution in [3.63, 3.8) is 0 Å². The lowest BCUT2D eigenvalue weighted by atomic mass is 10.0. The van der Waals surface area contributed by atoms with Crippen LogP contribution in [0.3, 0.4) is 0 Å². The van der Waals surface area contributed by atoms with Gasteiger partial charge in [0.05, 0.1) is 16.7 Å². The summed E-state index contributed by atoms with van der Waals surface area (Å²) in [5, 5.41) is 4.38. The molecule has 0 atom stereocenters. The summed E-state index contributed by atoms with van der Waals surface area (Å²) in [6, 6.07) is 14.3. The Hall–Kier alpha value is -2.88. The first-order chi connectivity index (χ1) is 10.7. The molecule has 22 heavy (non-hydrogen) atoms. The number of hydrogen-bond donors (Lipinski definition) is 1. The minimum absolute atomic E-state index is 0.879. The van der Waals surface area contributed by atoms with E-state index in [-0.39, 0.29) is 0 Å². The Bertz CT molecular complexity index is 916. The predicted octanol–water partition coefficient (Wildman–Crippen LogP) is 4.03. The number of fused-ring (bicyclic) bond motifs is 1. The van der Waals surface area contributed by atoms with Crippen LogP contribution in [0.1, 0.15) is 11.1 Å². The Morgan fingerprint density at radius 3 is 2.68 bits per heavy atom. The second-order valence-corrected chi connectivity index (χ2v) is 5.53. The third-order valence-electron chi connectivity index (χ3n) is 3.84. The Morgan fingerprint density at radius 2 is 1.91 bits per heavy atom. The van der Waals surface area contributed by atoms with E-state index in [9.17, 15) is 0 Å². The van der Waals surface area contributed by atoms with Crippen LogP contribution in [-0.4, -0.2) is 19.7 Å². The summed E-state index contributed by atoms with van der Waals surface area (Å²) in [6.45, 7) is 4.21. The average molecular weight is 288 g/mol. The van der Waals surface area contributed by atoms with Gasteiger partial charge in [0.2, 0.25) is 0 Å². The summed E-state index contributed by atoms with van der Waals surface area (Å²) in [6.07, 6.45) is 3.75. The molecule has 0 aliphatic carbocycles. The molecule has 4 nitrogen and oxygen atoms in total. The highest BCUT2D eigenvalue weighted by atomic mass is 15.3. The second-order valence-electron chi connectivity index (χ2n) is 5.53. The van der Waals surface area contributed by atoms with Gasteiger partial charge in [-0.2, -0.15) is 5.10 Å². The molecule has 0 radical (unpaired) electrons. The number of nitrogens with one attached hydrogen (secondary N) is 1. The molecule has 0 fully saturated rings. The molecule has 2 heterocycles.